The van der Waals surface area contributed by atoms with Gasteiger partial charge in [0.1, 0.15) is 5.56 Å². The molecule has 7 nitrogen and oxygen atoms in total. The maximum atomic E-state index is 12.4. The first-order valence-electron chi connectivity index (χ1n) is 6.75. The molecule has 0 aromatic heterocycles. The Morgan fingerprint density at radius 1 is 1.29 bits per heavy atom. The van der Waals surface area contributed by atoms with Crippen LogP contribution in [0.2, 0.25) is 0 Å². The van der Waals surface area contributed by atoms with Gasteiger partial charge < -0.3 is 4.90 Å². The van der Waals surface area contributed by atoms with E-state index >= 15 is 0 Å². The van der Waals surface area contributed by atoms with E-state index in [1.807, 2.05) is 0 Å². The molecule has 1 aromatic rings. The number of hydrogen-bond donors (Lipinski definition) is 0. The zero-order valence-electron chi connectivity index (χ0n) is 11.6. The fraction of sp³-hybridized carbons (Fsp3) is 0.429. The van der Waals surface area contributed by atoms with Gasteiger partial charge in [0.25, 0.3) is 11.6 Å². The molecule has 0 radical (unpaired) electrons. The highest BCUT2D eigenvalue weighted by Crippen LogP contribution is 2.20. The molecule has 1 amide bonds. The van der Waals surface area contributed by atoms with Crippen LogP contribution in [0, 0.1) is 21.4 Å². The van der Waals surface area contributed by atoms with Crippen LogP contribution < -0.4 is 0 Å². The van der Waals surface area contributed by atoms with Crippen molar-refractivity contribution in [1.29, 1.82) is 5.26 Å². The van der Waals surface area contributed by atoms with Crippen molar-refractivity contribution in [2.75, 3.05) is 32.7 Å². The average Bonchev–Trinajstić information content (AvgIpc) is 2.52. The Balaban J connectivity index is 2.03. The number of nitrogens with zero attached hydrogens (tertiary/aromatic N) is 4. The summed E-state index contributed by atoms with van der Waals surface area (Å²) in [5.74, 6) is -0.303. The summed E-state index contributed by atoms with van der Waals surface area (Å²) >= 11 is 0. The first kappa shape index (κ1) is 14.9. The molecular formula is C14H16N4O3. The summed E-state index contributed by atoms with van der Waals surface area (Å²) in [6.45, 7) is 3.12. The molecule has 0 unspecified atom stereocenters. The van der Waals surface area contributed by atoms with E-state index < -0.39 is 4.92 Å². The van der Waals surface area contributed by atoms with Crippen molar-refractivity contribution in [3.8, 4) is 6.07 Å². The lowest BCUT2D eigenvalue weighted by Gasteiger charge is -2.34. The lowest BCUT2D eigenvalue weighted by Crippen LogP contribution is -2.48. The third kappa shape index (κ3) is 3.55. The predicted molar refractivity (Wildman–Crippen MR) is 75.7 cm³/mol. The minimum absolute atomic E-state index is 0.132. The van der Waals surface area contributed by atoms with Crippen molar-refractivity contribution >= 4 is 11.6 Å². The predicted octanol–water partition coefficient (Wildman–Crippen LogP) is 1.27. The minimum Gasteiger partial charge on any atom is -0.336 e. The highest BCUT2D eigenvalue weighted by Gasteiger charge is 2.26. The average molecular weight is 288 g/mol. The molecule has 0 spiro atoms. The molecular weight excluding hydrogens is 272 g/mol. The summed E-state index contributed by atoms with van der Waals surface area (Å²) in [5, 5.41) is 19.5. The maximum Gasteiger partial charge on any atom is 0.282 e. The second-order valence-electron chi connectivity index (χ2n) is 4.82. The Morgan fingerprint density at radius 2 is 1.95 bits per heavy atom. The fourth-order valence-corrected chi connectivity index (χ4v) is 2.37. The number of carbonyl (C=O) groups excluding carboxylic acids is 1. The molecule has 1 fully saturated rings. The summed E-state index contributed by atoms with van der Waals surface area (Å²) in [6, 6.07) is 8.11. The molecule has 1 aromatic carbocycles. The van der Waals surface area contributed by atoms with E-state index in [4.69, 9.17) is 5.26 Å². The van der Waals surface area contributed by atoms with Gasteiger partial charge in [-0.25, -0.2) is 0 Å². The molecule has 0 N–H and O–H groups in total. The van der Waals surface area contributed by atoms with E-state index in [1.165, 1.54) is 12.1 Å². The topological polar surface area (TPSA) is 90.5 Å². The van der Waals surface area contributed by atoms with Crippen LogP contribution in [-0.4, -0.2) is 53.4 Å². The van der Waals surface area contributed by atoms with Crippen LogP contribution in [0.3, 0.4) is 0 Å². The van der Waals surface area contributed by atoms with E-state index in [0.717, 1.165) is 0 Å². The van der Waals surface area contributed by atoms with Crippen LogP contribution in [0.5, 0.6) is 0 Å². The van der Waals surface area contributed by atoms with Gasteiger partial charge in [-0.3, -0.25) is 19.8 Å². The molecule has 0 aliphatic carbocycles. The van der Waals surface area contributed by atoms with Gasteiger partial charge in [0.2, 0.25) is 0 Å². The van der Waals surface area contributed by atoms with Gasteiger partial charge >= 0.3 is 0 Å². The van der Waals surface area contributed by atoms with Gasteiger partial charge in [0, 0.05) is 45.2 Å². The number of amides is 1. The van der Waals surface area contributed by atoms with Gasteiger partial charge in [0.15, 0.2) is 0 Å². The molecule has 2 rings (SSSR count). The van der Waals surface area contributed by atoms with Crippen LogP contribution in [0.25, 0.3) is 0 Å². The molecule has 0 saturated carbocycles. The molecule has 0 bridgehead atoms. The SMILES string of the molecule is N#CCCN1CCN(C(=O)c2ccccc2[N+](=O)[O-])CC1. The Labute approximate surface area is 122 Å². The lowest BCUT2D eigenvalue weighted by atomic mass is 10.1. The minimum atomic E-state index is -0.531. The van der Waals surface area contributed by atoms with Crippen LogP contribution in [-0.2, 0) is 0 Å². The first-order chi connectivity index (χ1) is 10.1. The third-order valence-electron chi connectivity index (χ3n) is 3.53. The van der Waals surface area contributed by atoms with Gasteiger partial charge in [-0.1, -0.05) is 12.1 Å². The molecule has 0 atom stereocenters. The highest BCUT2D eigenvalue weighted by atomic mass is 16.6. The Morgan fingerprint density at radius 3 is 2.57 bits per heavy atom. The number of piperazine rings is 1. The zero-order valence-corrected chi connectivity index (χ0v) is 11.6. The summed E-state index contributed by atoms with van der Waals surface area (Å²) in [5.41, 5.74) is -0.0256. The Kier molecular flexibility index (Phi) is 4.85. The van der Waals surface area contributed by atoms with Gasteiger partial charge in [-0.15, -0.1) is 0 Å². The van der Waals surface area contributed by atoms with Crippen LogP contribution in [0.15, 0.2) is 24.3 Å². The quantitative estimate of drug-likeness (QED) is 0.614. The van der Waals surface area contributed by atoms with Gasteiger partial charge in [-0.05, 0) is 6.07 Å². The van der Waals surface area contributed by atoms with Crippen molar-refractivity contribution in [2.45, 2.75) is 6.42 Å². The van der Waals surface area contributed by atoms with Crippen LogP contribution in [0.1, 0.15) is 16.8 Å². The van der Waals surface area contributed by atoms with Gasteiger partial charge in [-0.2, -0.15) is 5.26 Å². The summed E-state index contributed by atoms with van der Waals surface area (Å²) in [4.78, 5) is 26.6. The summed E-state index contributed by atoms with van der Waals surface area (Å²) < 4.78 is 0. The van der Waals surface area contributed by atoms with Crippen molar-refractivity contribution in [3.63, 3.8) is 0 Å². The van der Waals surface area contributed by atoms with E-state index in [9.17, 15) is 14.9 Å². The zero-order chi connectivity index (χ0) is 15.2. The van der Waals surface area contributed by atoms with Crippen molar-refractivity contribution in [2.24, 2.45) is 0 Å². The molecule has 21 heavy (non-hydrogen) atoms. The number of nitro benzene ring substituents is 1. The van der Waals surface area contributed by atoms with E-state index in [1.54, 1.807) is 17.0 Å². The lowest BCUT2D eigenvalue weighted by molar-refractivity contribution is -0.385. The van der Waals surface area contributed by atoms with E-state index in [-0.39, 0.29) is 17.2 Å². The molecule has 1 aliphatic heterocycles. The Hall–Kier alpha value is -2.46. The van der Waals surface area contributed by atoms with Gasteiger partial charge in [0.05, 0.1) is 11.0 Å². The number of nitriles is 1. The number of nitro groups is 1. The second kappa shape index (κ2) is 6.81. The van der Waals surface area contributed by atoms with Crippen LogP contribution >= 0.6 is 0 Å². The Bertz CT molecular complexity index is 574. The highest BCUT2D eigenvalue weighted by molar-refractivity contribution is 5.98. The van der Waals surface area contributed by atoms with Crippen molar-refractivity contribution < 1.29 is 9.72 Å². The number of carbonyl (C=O) groups is 1. The van der Waals surface area contributed by atoms with E-state index in [2.05, 4.69) is 11.0 Å². The standard InChI is InChI=1S/C14H16N4O3/c15-6-3-7-16-8-10-17(11-9-16)14(19)12-4-1-2-5-13(12)18(20)21/h1-2,4-5H,3,7-11H2. The fourth-order valence-electron chi connectivity index (χ4n) is 2.37. The van der Waals surface area contributed by atoms with Crippen molar-refractivity contribution in [1.82, 2.24) is 9.80 Å². The largest absolute Gasteiger partial charge is 0.336 e. The maximum absolute atomic E-state index is 12.4. The molecule has 1 saturated heterocycles. The van der Waals surface area contributed by atoms with E-state index in [0.29, 0.717) is 39.1 Å². The van der Waals surface area contributed by atoms with Crippen LogP contribution in [0.4, 0.5) is 5.69 Å². The number of para-hydroxylation sites is 1. The monoisotopic (exact) mass is 288 g/mol. The molecule has 7 heteroatoms. The number of benzene rings is 1. The molecule has 110 valence electrons. The van der Waals surface area contributed by atoms with Crippen molar-refractivity contribution in [3.05, 3.63) is 39.9 Å². The molecule has 1 heterocycles. The first-order valence-corrected chi connectivity index (χ1v) is 6.75. The summed E-state index contributed by atoms with van der Waals surface area (Å²) in [7, 11) is 0. The third-order valence-corrected chi connectivity index (χ3v) is 3.53. The second-order valence-corrected chi connectivity index (χ2v) is 4.82. The normalized spacial score (nSPS) is 15.5. The smallest absolute Gasteiger partial charge is 0.282 e. The number of hydrogen-bond acceptors (Lipinski definition) is 5. The number of rotatable bonds is 4. The molecule has 1 aliphatic rings. The summed E-state index contributed by atoms with van der Waals surface area (Å²) in [6.07, 6.45) is 0.470.